The van der Waals surface area contributed by atoms with Crippen molar-refractivity contribution < 1.29 is 9.53 Å². The quantitative estimate of drug-likeness (QED) is 0.545. The van der Waals surface area contributed by atoms with E-state index >= 15 is 0 Å². The van der Waals surface area contributed by atoms with Crippen LogP contribution in [0.4, 0.5) is 0 Å². The Morgan fingerprint density at radius 1 is 1.27 bits per heavy atom. The lowest BCUT2D eigenvalue weighted by Gasteiger charge is -2.27. The Hall–Kier alpha value is -2.81. The van der Waals surface area contributed by atoms with Crippen molar-refractivity contribution in [1.82, 2.24) is 25.0 Å². The number of nitrogens with zero attached hydrogens (tertiary/aromatic N) is 4. The molecule has 7 nitrogen and oxygen atoms in total. The zero-order valence-corrected chi connectivity index (χ0v) is 19.5. The maximum absolute atomic E-state index is 13.3. The first-order chi connectivity index (χ1) is 16.2. The monoisotopic (exact) mass is 463 g/mol. The predicted octanol–water partition coefficient (Wildman–Crippen LogP) is 3.31. The van der Waals surface area contributed by atoms with E-state index in [1.54, 1.807) is 11.3 Å². The smallest absolute Gasteiger partial charge is 0.274 e. The molecule has 2 aliphatic rings. The van der Waals surface area contributed by atoms with Crippen LogP contribution >= 0.6 is 11.3 Å². The zero-order valence-electron chi connectivity index (χ0n) is 18.7. The standard InChI is InChI=1S/C25H29N5O2S/c1-2-10-30-22-9-8-19(15-20(22)24(28-30)25(31)29-11-13-32-14-12-29)26-16-23-27-21(17-33-23)18-6-4-3-5-7-18/h2-7,17,19,26H,1,8-16H2/t19-/m1/s1. The summed E-state index contributed by atoms with van der Waals surface area (Å²) in [6.07, 6.45) is 4.55. The molecule has 0 spiro atoms. The number of amides is 1. The van der Waals surface area contributed by atoms with Gasteiger partial charge in [-0.25, -0.2) is 4.98 Å². The summed E-state index contributed by atoms with van der Waals surface area (Å²) in [5, 5.41) is 11.6. The zero-order chi connectivity index (χ0) is 22.6. The van der Waals surface area contributed by atoms with Gasteiger partial charge in [0, 0.05) is 47.9 Å². The van der Waals surface area contributed by atoms with Crippen molar-refractivity contribution in [2.75, 3.05) is 26.3 Å². The van der Waals surface area contributed by atoms with Crippen LogP contribution in [0.2, 0.25) is 0 Å². The van der Waals surface area contributed by atoms with Crippen LogP contribution in [-0.4, -0.2) is 57.9 Å². The average molecular weight is 464 g/mol. The minimum atomic E-state index is 0.0189. The van der Waals surface area contributed by atoms with E-state index in [-0.39, 0.29) is 5.91 Å². The molecule has 8 heteroatoms. The number of carbonyl (C=O) groups excluding carboxylic acids is 1. The van der Waals surface area contributed by atoms with Crippen molar-refractivity contribution in [2.45, 2.75) is 38.4 Å². The third-order valence-electron chi connectivity index (χ3n) is 6.31. The Kier molecular flexibility index (Phi) is 6.66. The molecule has 1 aliphatic carbocycles. The van der Waals surface area contributed by atoms with Crippen molar-refractivity contribution >= 4 is 17.2 Å². The number of allylic oxidation sites excluding steroid dienone is 1. The number of aromatic nitrogens is 3. The van der Waals surface area contributed by atoms with E-state index in [9.17, 15) is 4.79 Å². The van der Waals surface area contributed by atoms with E-state index in [0.29, 0.717) is 44.6 Å². The molecule has 1 N–H and O–H groups in total. The molecule has 1 saturated heterocycles. The van der Waals surface area contributed by atoms with Crippen molar-refractivity contribution in [1.29, 1.82) is 0 Å². The molecule has 1 fully saturated rings. The summed E-state index contributed by atoms with van der Waals surface area (Å²) >= 11 is 1.68. The molecule has 1 aliphatic heterocycles. The fourth-order valence-corrected chi connectivity index (χ4v) is 5.34. The minimum absolute atomic E-state index is 0.0189. The van der Waals surface area contributed by atoms with Gasteiger partial charge in [0.2, 0.25) is 0 Å². The molecular formula is C25H29N5O2S. The second kappa shape index (κ2) is 9.99. The van der Waals surface area contributed by atoms with Gasteiger partial charge in [-0.1, -0.05) is 36.4 Å². The fraction of sp³-hybridized carbons (Fsp3) is 0.400. The predicted molar refractivity (Wildman–Crippen MR) is 129 cm³/mol. The van der Waals surface area contributed by atoms with Gasteiger partial charge in [-0.2, -0.15) is 5.10 Å². The number of benzene rings is 1. The number of fused-ring (bicyclic) bond motifs is 1. The van der Waals surface area contributed by atoms with E-state index in [1.165, 1.54) is 5.69 Å². The van der Waals surface area contributed by atoms with Crippen LogP contribution in [0.15, 0.2) is 48.4 Å². The van der Waals surface area contributed by atoms with Gasteiger partial charge in [0.15, 0.2) is 5.69 Å². The lowest BCUT2D eigenvalue weighted by atomic mass is 9.91. The Morgan fingerprint density at radius 2 is 2.09 bits per heavy atom. The van der Waals surface area contributed by atoms with Gasteiger partial charge in [-0.05, 0) is 19.3 Å². The fourth-order valence-electron chi connectivity index (χ4n) is 4.59. The molecule has 33 heavy (non-hydrogen) atoms. The number of morpholine rings is 1. The molecule has 3 aromatic rings. The van der Waals surface area contributed by atoms with Crippen LogP contribution in [0, 0.1) is 0 Å². The molecule has 172 valence electrons. The van der Waals surface area contributed by atoms with Crippen LogP contribution in [0.1, 0.15) is 33.2 Å². The molecule has 3 heterocycles. The van der Waals surface area contributed by atoms with Gasteiger partial charge >= 0.3 is 0 Å². The molecular weight excluding hydrogens is 434 g/mol. The van der Waals surface area contributed by atoms with E-state index in [4.69, 9.17) is 14.8 Å². The third-order valence-corrected chi connectivity index (χ3v) is 7.16. The summed E-state index contributed by atoms with van der Waals surface area (Å²) in [5.41, 5.74) is 5.02. The topological polar surface area (TPSA) is 72.3 Å². The largest absolute Gasteiger partial charge is 0.378 e. The van der Waals surface area contributed by atoms with Crippen LogP contribution in [-0.2, 0) is 30.7 Å². The number of carbonyl (C=O) groups is 1. The van der Waals surface area contributed by atoms with Crippen molar-refractivity contribution in [3.63, 3.8) is 0 Å². The number of ether oxygens (including phenoxy) is 1. The van der Waals surface area contributed by atoms with E-state index < -0.39 is 0 Å². The van der Waals surface area contributed by atoms with Gasteiger partial charge in [0.05, 0.1) is 25.5 Å². The third kappa shape index (κ3) is 4.78. The summed E-state index contributed by atoms with van der Waals surface area (Å²) in [6.45, 7) is 7.63. The van der Waals surface area contributed by atoms with Crippen molar-refractivity contribution in [3.05, 3.63) is 70.3 Å². The molecule has 1 atom stereocenters. The van der Waals surface area contributed by atoms with Crippen LogP contribution in [0.5, 0.6) is 0 Å². The first-order valence-electron chi connectivity index (χ1n) is 11.5. The van der Waals surface area contributed by atoms with Gasteiger partial charge in [0.25, 0.3) is 5.91 Å². The molecule has 0 saturated carbocycles. The first kappa shape index (κ1) is 22.0. The van der Waals surface area contributed by atoms with Gasteiger partial charge in [-0.3, -0.25) is 9.48 Å². The van der Waals surface area contributed by atoms with Crippen molar-refractivity contribution in [3.8, 4) is 11.3 Å². The summed E-state index contributed by atoms with van der Waals surface area (Å²) < 4.78 is 7.37. The molecule has 0 bridgehead atoms. The highest BCUT2D eigenvalue weighted by atomic mass is 32.1. The van der Waals surface area contributed by atoms with E-state index in [0.717, 1.165) is 47.6 Å². The highest BCUT2D eigenvalue weighted by Gasteiger charge is 2.31. The Balaban J connectivity index is 1.29. The highest BCUT2D eigenvalue weighted by molar-refractivity contribution is 7.09. The van der Waals surface area contributed by atoms with Crippen LogP contribution < -0.4 is 5.32 Å². The lowest BCUT2D eigenvalue weighted by molar-refractivity contribution is 0.0297. The lowest BCUT2D eigenvalue weighted by Crippen LogP contribution is -2.41. The number of thiazole rings is 1. The molecule has 1 aromatic carbocycles. The molecule has 2 aromatic heterocycles. The SMILES string of the molecule is C=CCn1nc(C(=O)N2CCOCC2)c2c1CC[C@@H](NCc1nc(-c3ccccc3)cs1)C2. The van der Waals surface area contributed by atoms with Gasteiger partial charge in [-0.15, -0.1) is 17.9 Å². The van der Waals surface area contributed by atoms with Crippen LogP contribution in [0.25, 0.3) is 11.3 Å². The molecule has 5 rings (SSSR count). The second-order valence-electron chi connectivity index (χ2n) is 8.46. The first-order valence-corrected chi connectivity index (χ1v) is 12.4. The molecule has 0 radical (unpaired) electrons. The number of rotatable bonds is 7. The van der Waals surface area contributed by atoms with E-state index in [2.05, 4.69) is 29.4 Å². The second-order valence-corrected chi connectivity index (χ2v) is 9.40. The van der Waals surface area contributed by atoms with Gasteiger partial charge in [0.1, 0.15) is 5.01 Å². The maximum Gasteiger partial charge on any atom is 0.274 e. The Labute approximate surface area is 198 Å². The number of hydrogen-bond donors (Lipinski definition) is 1. The van der Waals surface area contributed by atoms with Crippen molar-refractivity contribution in [2.24, 2.45) is 0 Å². The number of hydrogen-bond acceptors (Lipinski definition) is 6. The average Bonchev–Trinajstić information content (AvgIpc) is 3.49. The molecule has 1 amide bonds. The molecule has 0 unspecified atom stereocenters. The highest BCUT2D eigenvalue weighted by Crippen LogP contribution is 2.27. The van der Waals surface area contributed by atoms with E-state index in [1.807, 2.05) is 33.9 Å². The summed E-state index contributed by atoms with van der Waals surface area (Å²) in [5.74, 6) is 0.0189. The Morgan fingerprint density at radius 3 is 2.88 bits per heavy atom. The maximum atomic E-state index is 13.3. The summed E-state index contributed by atoms with van der Waals surface area (Å²) in [6, 6.07) is 10.6. The summed E-state index contributed by atoms with van der Waals surface area (Å²) in [4.78, 5) is 19.9. The van der Waals surface area contributed by atoms with Crippen LogP contribution in [0.3, 0.4) is 0 Å². The summed E-state index contributed by atoms with van der Waals surface area (Å²) in [7, 11) is 0. The minimum Gasteiger partial charge on any atom is -0.378 e. The Bertz CT molecular complexity index is 1120. The normalized spacial score (nSPS) is 18.2. The van der Waals surface area contributed by atoms with Gasteiger partial charge < -0.3 is 15.0 Å². The number of nitrogens with one attached hydrogen (secondary N) is 1.